The van der Waals surface area contributed by atoms with Gasteiger partial charge in [-0.05, 0) is 100 Å². The summed E-state index contributed by atoms with van der Waals surface area (Å²) in [6.45, 7) is 53.3. The van der Waals surface area contributed by atoms with E-state index in [2.05, 4.69) is 171 Å². The van der Waals surface area contributed by atoms with E-state index in [1.54, 1.807) is 27.8 Å². The first-order valence-electron chi connectivity index (χ1n) is 17.1. The highest BCUT2D eigenvalue weighted by molar-refractivity contribution is 5.58. The molecule has 43 heavy (non-hydrogen) atoms. The zero-order chi connectivity index (χ0) is 34.1. The zero-order valence-corrected chi connectivity index (χ0v) is 33.0. The van der Waals surface area contributed by atoms with Crippen molar-refractivity contribution in [3.8, 4) is 0 Å². The molecule has 0 aromatic heterocycles. The molecule has 0 amide bonds. The fraction of sp³-hybridized carbons (Fsp3) is 0.721. The van der Waals surface area contributed by atoms with Crippen LogP contribution in [0.3, 0.4) is 0 Å². The monoisotopic (exact) mass is 589 g/mol. The average molecular weight is 589 g/mol. The first-order chi connectivity index (χ1) is 18.7. The molecular formula is C43H72. The Balaban J connectivity index is 3.24. The summed E-state index contributed by atoms with van der Waals surface area (Å²) in [7, 11) is 0. The maximum Gasteiger partial charge on any atom is -0.0126 e. The van der Waals surface area contributed by atoms with Crippen molar-refractivity contribution >= 4 is 0 Å². The van der Waals surface area contributed by atoms with Gasteiger partial charge in [-0.15, -0.1) is 0 Å². The highest BCUT2D eigenvalue weighted by Gasteiger charge is 2.39. The molecule has 0 saturated carbocycles. The molecule has 0 heterocycles. The molecule has 0 aliphatic carbocycles. The second-order valence-electron chi connectivity index (χ2n) is 21.0. The smallest absolute Gasteiger partial charge is 0.0126 e. The molecule has 0 spiro atoms. The third-order valence-corrected chi connectivity index (χ3v) is 9.17. The van der Waals surface area contributed by atoms with Crippen LogP contribution < -0.4 is 0 Å². The topological polar surface area (TPSA) is 0 Å². The van der Waals surface area contributed by atoms with E-state index in [0.717, 1.165) is 6.42 Å². The molecule has 0 bridgehead atoms. The summed E-state index contributed by atoms with van der Waals surface area (Å²) < 4.78 is 0. The molecule has 244 valence electrons. The van der Waals surface area contributed by atoms with Gasteiger partial charge in [0, 0.05) is 0 Å². The van der Waals surface area contributed by atoms with E-state index in [0.29, 0.717) is 5.92 Å². The van der Waals surface area contributed by atoms with Crippen LogP contribution in [0.25, 0.3) is 0 Å². The van der Waals surface area contributed by atoms with Crippen molar-refractivity contribution in [2.75, 3.05) is 0 Å². The summed E-state index contributed by atoms with van der Waals surface area (Å²) in [5, 5.41) is 0. The Morgan fingerprint density at radius 1 is 0.395 bits per heavy atom. The summed E-state index contributed by atoms with van der Waals surface area (Å²) in [4.78, 5) is 0. The van der Waals surface area contributed by atoms with Gasteiger partial charge in [0.25, 0.3) is 0 Å². The van der Waals surface area contributed by atoms with E-state index in [-0.39, 0.29) is 37.9 Å². The first kappa shape index (κ1) is 37.6. The van der Waals surface area contributed by atoms with Crippen molar-refractivity contribution in [2.45, 2.75) is 203 Å². The van der Waals surface area contributed by atoms with Gasteiger partial charge in [0.1, 0.15) is 0 Å². The molecule has 1 atom stereocenters. The number of hydrogen-bond acceptors (Lipinski definition) is 0. The fourth-order valence-corrected chi connectivity index (χ4v) is 7.43. The van der Waals surface area contributed by atoms with Gasteiger partial charge in [0.05, 0.1) is 0 Å². The van der Waals surface area contributed by atoms with Crippen LogP contribution in [0.5, 0.6) is 0 Å². The van der Waals surface area contributed by atoms with Gasteiger partial charge in [-0.1, -0.05) is 171 Å². The Morgan fingerprint density at radius 2 is 0.744 bits per heavy atom. The third kappa shape index (κ3) is 8.19. The van der Waals surface area contributed by atoms with Gasteiger partial charge in [-0.3, -0.25) is 0 Å². The minimum Gasteiger partial charge on any atom is -0.0581 e. The van der Waals surface area contributed by atoms with Crippen LogP contribution in [0.1, 0.15) is 208 Å². The highest BCUT2D eigenvalue weighted by Crippen LogP contribution is 2.49. The Hall–Kier alpha value is -1.56. The maximum absolute atomic E-state index is 2.62. The van der Waals surface area contributed by atoms with Crippen LogP contribution in [0.2, 0.25) is 0 Å². The van der Waals surface area contributed by atoms with E-state index in [4.69, 9.17) is 0 Å². The van der Waals surface area contributed by atoms with Crippen LogP contribution in [0, 0.1) is 0 Å². The van der Waals surface area contributed by atoms with Gasteiger partial charge in [0.15, 0.2) is 0 Å². The lowest BCUT2D eigenvalue weighted by Gasteiger charge is -2.42. The molecular weight excluding hydrogens is 516 g/mol. The third-order valence-electron chi connectivity index (χ3n) is 9.17. The maximum atomic E-state index is 2.62. The average Bonchev–Trinajstić information content (AvgIpc) is 2.72. The van der Waals surface area contributed by atoms with Crippen molar-refractivity contribution in [1.82, 2.24) is 0 Å². The molecule has 0 aliphatic heterocycles. The van der Waals surface area contributed by atoms with Gasteiger partial charge in [-0.25, -0.2) is 0 Å². The minimum absolute atomic E-state index is 0.0197. The van der Waals surface area contributed by atoms with Crippen LogP contribution in [0.15, 0.2) is 18.2 Å². The number of benzene rings is 2. The van der Waals surface area contributed by atoms with Crippen LogP contribution in [-0.2, 0) is 44.3 Å². The van der Waals surface area contributed by atoms with Gasteiger partial charge in [0.2, 0.25) is 0 Å². The van der Waals surface area contributed by atoms with Crippen molar-refractivity contribution in [3.63, 3.8) is 0 Å². The van der Waals surface area contributed by atoms with Gasteiger partial charge < -0.3 is 0 Å². The van der Waals surface area contributed by atoms with Gasteiger partial charge >= 0.3 is 0 Å². The van der Waals surface area contributed by atoms with E-state index < -0.39 is 0 Å². The highest BCUT2D eigenvalue weighted by atomic mass is 14.4. The van der Waals surface area contributed by atoms with Crippen LogP contribution >= 0.6 is 0 Å². The Kier molecular flexibility index (Phi) is 9.93. The van der Waals surface area contributed by atoms with Crippen molar-refractivity contribution in [2.24, 2.45) is 0 Å². The molecule has 0 N–H and O–H groups in total. The Bertz CT molecular complexity index is 1290. The molecule has 2 aromatic rings. The largest absolute Gasteiger partial charge is 0.0581 e. The molecule has 0 nitrogen and oxygen atoms in total. The van der Waals surface area contributed by atoms with Crippen LogP contribution in [0.4, 0.5) is 0 Å². The second kappa shape index (κ2) is 11.4. The predicted molar refractivity (Wildman–Crippen MR) is 196 cm³/mol. The molecule has 0 fully saturated rings. The second-order valence-corrected chi connectivity index (χ2v) is 21.0. The molecule has 0 heteroatoms. The quantitative estimate of drug-likeness (QED) is 0.334. The summed E-state index contributed by atoms with van der Waals surface area (Å²) in [5.74, 6) is 0.376. The number of hydrogen-bond donors (Lipinski definition) is 0. The molecule has 0 radical (unpaired) electrons. The zero-order valence-electron chi connectivity index (χ0n) is 33.0. The van der Waals surface area contributed by atoms with Crippen molar-refractivity contribution in [1.29, 1.82) is 0 Å². The predicted octanol–water partition coefficient (Wildman–Crippen LogP) is 13.1. The Labute approximate surface area is 270 Å². The minimum atomic E-state index is 0.0197. The molecule has 2 aromatic carbocycles. The standard InChI is InChI=1S/C43H72/c1-27(33-29(37(2,3)4)23-24-30(38(5,6)7)35(33)42(17,18)19)25-28-31(39(8,9)10)26-32(40(11,12)13)36(43(20,21)22)34(28)41(14,15)16/h23-24,26-27H,25H2,1-22H3. The fourth-order valence-electron chi connectivity index (χ4n) is 7.43. The Morgan fingerprint density at radius 3 is 1.07 bits per heavy atom. The first-order valence-corrected chi connectivity index (χ1v) is 17.1. The summed E-state index contributed by atoms with van der Waals surface area (Å²) >= 11 is 0. The van der Waals surface area contributed by atoms with E-state index >= 15 is 0 Å². The normalized spacial score (nSPS) is 15.2. The molecule has 0 saturated heterocycles. The van der Waals surface area contributed by atoms with E-state index in [9.17, 15) is 0 Å². The van der Waals surface area contributed by atoms with E-state index in [1.807, 2.05) is 0 Å². The lowest BCUT2D eigenvalue weighted by Crippen LogP contribution is -2.33. The summed E-state index contributed by atoms with van der Waals surface area (Å²) in [5.41, 5.74) is 14.3. The molecule has 2 rings (SSSR count). The SMILES string of the molecule is CC(Cc1c(C(C)(C)C)cc(C(C)(C)C)c(C(C)(C)C)c1C(C)(C)C)c1c(C(C)(C)C)ccc(C(C)(C)C)c1C(C)(C)C. The van der Waals surface area contributed by atoms with Crippen molar-refractivity contribution < 1.29 is 0 Å². The molecule has 0 aliphatic rings. The van der Waals surface area contributed by atoms with Crippen LogP contribution in [-0.4, -0.2) is 0 Å². The lowest BCUT2D eigenvalue weighted by molar-refractivity contribution is 0.479. The molecule has 1 unspecified atom stereocenters. The summed E-state index contributed by atoms with van der Waals surface area (Å²) in [6.07, 6.45) is 1.05. The van der Waals surface area contributed by atoms with Gasteiger partial charge in [-0.2, -0.15) is 0 Å². The van der Waals surface area contributed by atoms with E-state index in [1.165, 1.54) is 22.3 Å². The number of rotatable bonds is 3. The van der Waals surface area contributed by atoms with Crippen molar-refractivity contribution in [3.05, 3.63) is 68.3 Å². The summed E-state index contributed by atoms with van der Waals surface area (Å²) in [6, 6.07) is 7.55. The lowest BCUT2D eigenvalue weighted by atomic mass is 9.62.